The summed E-state index contributed by atoms with van der Waals surface area (Å²) in [6.45, 7) is 0. The molecule has 0 heterocycles. The molecule has 0 fully saturated rings. The van der Waals surface area contributed by atoms with Crippen molar-refractivity contribution >= 4 is 21.8 Å². The lowest BCUT2D eigenvalue weighted by molar-refractivity contribution is 0.392. The van der Waals surface area contributed by atoms with E-state index in [-0.39, 0.29) is 5.84 Å². The molecule has 0 radical (unpaired) electrons. The molecule has 14 heavy (non-hydrogen) atoms. The van der Waals surface area contributed by atoms with E-state index in [2.05, 4.69) is 15.9 Å². The molecule has 0 aliphatic heterocycles. The molecule has 3 N–H and O–H groups in total. The maximum atomic E-state index is 7.34. The van der Waals surface area contributed by atoms with Crippen LogP contribution in [0, 0.1) is 5.41 Å². The highest BCUT2D eigenvalue weighted by atomic mass is 79.9. The highest BCUT2D eigenvalue weighted by Gasteiger charge is 2.11. The minimum atomic E-state index is -0.0368. The monoisotopic (exact) mass is 258 g/mol. The highest BCUT2D eigenvalue weighted by molar-refractivity contribution is 9.10. The van der Waals surface area contributed by atoms with E-state index in [0.29, 0.717) is 17.1 Å². The first-order valence-electron chi connectivity index (χ1n) is 3.86. The molecule has 0 saturated heterocycles. The van der Waals surface area contributed by atoms with Crippen molar-refractivity contribution in [1.82, 2.24) is 0 Å². The van der Waals surface area contributed by atoms with Crippen LogP contribution in [0.15, 0.2) is 16.6 Å². The predicted molar refractivity (Wildman–Crippen MR) is 58.3 cm³/mol. The molecular weight excluding hydrogens is 248 g/mol. The Bertz CT molecular complexity index is 366. The van der Waals surface area contributed by atoms with Crippen LogP contribution in [0.2, 0.25) is 0 Å². The lowest BCUT2D eigenvalue weighted by Crippen LogP contribution is -2.12. The first-order valence-corrected chi connectivity index (χ1v) is 4.65. The Morgan fingerprint density at radius 2 is 1.86 bits per heavy atom. The van der Waals surface area contributed by atoms with Crippen LogP contribution < -0.4 is 15.2 Å². The van der Waals surface area contributed by atoms with Crippen LogP contribution in [0.25, 0.3) is 0 Å². The summed E-state index contributed by atoms with van der Waals surface area (Å²) in [5.74, 6) is 1.13. The average Bonchev–Trinajstić information content (AvgIpc) is 2.17. The topological polar surface area (TPSA) is 68.3 Å². The quantitative estimate of drug-likeness (QED) is 0.641. The van der Waals surface area contributed by atoms with Crippen LogP contribution in [-0.2, 0) is 0 Å². The Morgan fingerprint density at radius 3 is 2.29 bits per heavy atom. The summed E-state index contributed by atoms with van der Waals surface area (Å²) in [4.78, 5) is 0. The number of hydrogen-bond donors (Lipinski definition) is 2. The van der Waals surface area contributed by atoms with E-state index < -0.39 is 0 Å². The van der Waals surface area contributed by atoms with Crippen molar-refractivity contribution in [2.24, 2.45) is 5.73 Å². The Morgan fingerprint density at radius 1 is 1.29 bits per heavy atom. The van der Waals surface area contributed by atoms with Crippen LogP contribution >= 0.6 is 15.9 Å². The van der Waals surface area contributed by atoms with E-state index in [1.807, 2.05) is 0 Å². The highest BCUT2D eigenvalue weighted by Crippen LogP contribution is 2.32. The first kappa shape index (κ1) is 10.8. The van der Waals surface area contributed by atoms with Gasteiger partial charge in [0.2, 0.25) is 0 Å². The van der Waals surface area contributed by atoms with Gasteiger partial charge >= 0.3 is 0 Å². The number of hydrogen-bond acceptors (Lipinski definition) is 3. The largest absolute Gasteiger partial charge is 0.496 e. The maximum Gasteiger partial charge on any atom is 0.136 e. The molecule has 5 heteroatoms. The number of nitrogen functional groups attached to an aromatic ring is 1. The fraction of sp³-hybridized carbons (Fsp3) is 0.222. The summed E-state index contributed by atoms with van der Waals surface area (Å²) in [5.41, 5.74) is 5.93. The van der Waals surface area contributed by atoms with E-state index >= 15 is 0 Å². The van der Waals surface area contributed by atoms with E-state index in [1.54, 1.807) is 19.2 Å². The molecule has 0 amide bonds. The van der Waals surface area contributed by atoms with Gasteiger partial charge in [-0.05, 0) is 22.0 Å². The molecule has 1 rings (SSSR count). The van der Waals surface area contributed by atoms with Crippen molar-refractivity contribution in [1.29, 1.82) is 5.41 Å². The Labute approximate surface area is 90.6 Å². The van der Waals surface area contributed by atoms with Gasteiger partial charge in [0.05, 0.1) is 24.3 Å². The van der Waals surface area contributed by atoms with Gasteiger partial charge in [0, 0.05) is 6.07 Å². The SMILES string of the molecule is COc1cc(OC)c(C(=N)N)cc1Br. The molecule has 76 valence electrons. The number of rotatable bonds is 3. The molecule has 0 aliphatic carbocycles. The van der Waals surface area contributed by atoms with Gasteiger partial charge in [0.15, 0.2) is 0 Å². The minimum Gasteiger partial charge on any atom is -0.496 e. The third-order valence-electron chi connectivity index (χ3n) is 1.76. The van der Waals surface area contributed by atoms with Crippen LogP contribution in [0.3, 0.4) is 0 Å². The number of methoxy groups -OCH3 is 2. The second-order valence-electron chi connectivity index (χ2n) is 2.60. The molecular formula is C9H11BrN2O2. The van der Waals surface area contributed by atoms with Gasteiger partial charge in [-0.2, -0.15) is 0 Å². The number of benzene rings is 1. The van der Waals surface area contributed by atoms with Gasteiger partial charge in [-0.3, -0.25) is 5.41 Å². The number of amidine groups is 1. The van der Waals surface area contributed by atoms with Crippen molar-refractivity contribution in [2.45, 2.75) is 0 Å². The van der Waals surface area contributed by atoms with Crippen LogP contribution in [-0.4, -0.2) is 20.1 Å². The maximum absolute atomic E-state index is 7.34. The van der Waals surface area contributed by atoms with Crippen LogP contribution in [0.5, 0.6) is 11.5 Å². The molecule has 0 spiro atoms. The van der Waals surface area contributed by atoms with Crippen molar-refractivity contribution in [3.05, 3.63) is 22.2 Å². The molecule has 0 bridgehead atoms. The van der Waals surface area contributed by atoms with Crippen molar-refractivity contribution in [3.63, 3.8) is 0 Å². The number of halogens is 1. The molecule has 0 aromatic heterocycles. The van der Waals surface area contributed by atoms with Crippen molar-refractivity contribution in [2.75, 3.05) is 14.2 Å². The molecule has 1 aromatic rings. The van der Waals surface area contributed by atoms with Gasteiger partial charge in [-0.25, -0.2) is 0 Å². The Hall–Kier alpha value is -1.23. The fourth-order valence-corrected chi connectivity index (χ4v) is 1.58. The lowest BCUT2D eigenvalue weighted by atomic mass is 10.2. The van der Waals surface area contributed by atoms with E-state index in [4.69, 9.17) is 20.6 Å². The minimum absolute atomic E-state index is 0.0368. The van der Waals surface area contributed by atoms with Gasteiger partial charge in [0.1, 0.15) is 17.3 Å². The summed E-state index contributed by atoms with van der Waals surface area (Å²) >= 11 is 3.31. The van der Waals surface area contributed by atoms with Gasteiger partial charge in [-0.15, -0.1) is 0 Å². The summed E-state index contributed by atoms with van der Waals surface area (Å²) in [6.07, 6.45) is 0. The third kappa shape index (κ3) is 1.98. The fourth-order valence-electron chi connectivity index (χ4n) is 1.07. The van der Waals surface area contributed by atoms with E-state index in [9.17, 15) is 0 Å². The summed E-state index contributed by atoms with van der Waals surface area (Å²) in [5, 5.41) is 7.34. The standard InChI is InChI=1S/C9H11BrN2O2/c1-13-7-4-8(14-2)6(10)3-5(7)9(11)12/h3-4H,1-2H3,(H3,11,12). The number of nitrogens with one attached hydrogen (secondary N) is 1. The Kier molecular flexibility index (Phi) is 3.35. The van der Waals surface area contributed by atoms with Crippen LogP contribution in [0.1, 0.15) is 5.56 Å². The van der Waals surface area contributed by atoms with Crippen LogP contribution in [0.4, 0.5) is 0 Å². The third-order valence-corrected chi connectivity index (χ3v) is 2.38. The lowest BCUT2D eigenvalue weighted by Gasteiger charge is -2.10. The zero-order valence-corrected chi connectivity index (χ0v) is 9.51. The number of ether oxygens (including phenoxy) is 2. The van der Waals surface area contributed by atoms with Gasteiger partial charge in [0.25, 0.3) is 0 Å². The van der Waals surface area contributed by atoms with Gasteiger partial charge in [-0.1, -0.05) is 0 Å². The smallest absolute Gasteiger partial charge is 0.136 e. The molecule has 1 aromatic carbocycles. The molecule has 0 unspecified atom stereocenters. The average molecular weight is 259 g/mol. The second kappa shape index (κ2) is 4.32. The van der Waals surface area contributed by atoms with E-state index in [1.165, 1.54) is 7.11 Å². The zero-order chi connectivity index (χ0) is 10.7. The first-order chi connectivity index (χ1) is 6.60. The number of nitrogens with two attached hydrogens (primary N) is 1. The second-order valence-corrected chi connectivity index (χ2v) is 3.46. The summed E-state index contributed by atoms with van der Waals surface area (Å²) in [7, 11) is 3.09. The predicted octanol–water partition coefficient (Wildman–Crippen LogP) is 1.75. The molecule has 0 atom stereocenters. The zero-order valence-electron chi connectivity index (χ0n) is 7.93. The van der Waals surface area contributed by atoms with Gasteiger partial charge < -0.3 is 15.2 Å². The summed E-state index contributed by atoms with van der Waals surface area (Å²) in [6, 6.07) is 3.38. The molecule has 4 nitrogen and oxygen atoms in total. The van der Waals surface area contributed by atoms with Crippen molar-refractivity contribution in [3.8, 4) is 11.5 Å². The van der Waals surface area contributed by atoms with E-state index in [0.717, 1.165) is 4.47 Å². The molecule has 0 aliphatic rings. The normalized spacial score (nSPS) is 9.64. The molecule has 0 saturated carbocycles. The Balaban J connectivity index is 3.31. The summed E-state index contributed by atoms with van der Waals surface area (Å²) < 4.78 is 10.9. The van der Waals surface area contributed by atoms with Crippen molar-refractivity contribution < 1.29 is 9.47 Å².